The van der Waals surface area contributed by atoms with E-state index >= 15 is 0 Å². The summed E-state index contributed by atoms with van der Waals surface area (Å²) in [4.78, 5) is 12.7. The molecule has 3 aromatic carbocycles. The molecule has 0 spiro atoms. The molecule has 0 aliphatic carbocycles. The van der Waals surface area contributed by atoms with Crippen LogP contribution in [0, 0.1) is 0 Å². The number of nitrogens with one attached hydrogen (secondary N) is 2. The highest BCUT2D eigenvalue weighted by Gasteiger charge is 2.16. The fraction of sp³-hybridized carbons (Fsp3) is 0.174. The summed E-state index contributed by atoms with van der Waals surface area (Å²) in [5.41, 5.74) is 1.07. The molecule has 8 nitrogen and oxygen atoms in total. The van der Waals surface area contributed by atoms with E-state index in [0.717, 1.165) is 0 Å². The van der Waals surface area contributed by atoms with Crippen LogP contribution in [-0.4, -0.2) is 35.2 Å². The van der Waals surface area contributed by atoms with Gasteiger partial charge in [-0.15, -0.1) is 0 Å². The summed E-state index contributed by atoms with van der Waals surface area (Å²) in [6.45, 7) is 2.32. The number of hydrogen-bond acceptors (Lipinski definition) is 6. The fourth-order valence-electron chi connectivity index (χ4n) is 2.90. The van der Waals surface area contributed by atoms with E-state index in [0.29, 0.717) is 40.8 Å². The van der Waals surface area contributed by atoms with Crippen molar-refractivity contribution in [2.75, 3.05) is 30.9 Å². The second-order valence-electron chi connectivity index (χ2n) is 6.61. The average molecular weight is 457 g/mol. The van der Waals surface area contributed by atoms with Gasteiger partial charge in [0.25, 0.3) is 15.9 Å². The van der Waals surface area contributed by atoms with Crippen LogP contribution in [0.4, 0.5) is 11.4 Å². The van der Waals surface area contributed by atoms with Gasteiger partial charge in [-0.25, -0.2) is 8.42 Å². The van der Waals surface area contributed by atoms with Crippen molar-refractivity contribution in [2.45, 2.75) is 11.8 Å². The van der Waals surface area contributed by atoms with Gasteiger partial charge in [0.15, 0.2) is 11.5 Å². The molecule has 0 saturated heterocycles. The first-order valence-corrected chi connectivity index (χ1v) is 11.2. The van der Waals surface area contributed by atoms with E-state index in [1.807, 2.05) is 6.92 Å². The molecule has 1 amide bonds. The Labute approximate surface area is 187 Å². The molecule has 3 aromatic rings. The van der Waals surface area contributed by atoms with Crippen molar-refractivity contribution in [3.05, 3.63) is 72.3 Å². The Morgan fingerprint density at radius 2 is 1.62 bits per heavy atom. The minimum absolute atomic E-state index is 0.00962. The summed E-state index contributed by atoms with van der Waals surface area (Å²) >= 11 is 0. The summed E-state index contributed by atoms with van der Waals surface area (Å²) in [6.07, 6.45) is 0. The van der Waals surface area contributed by atoms with Crippen molar-refractivity contribution in [3.63, 3.8) is 0 Å². The molecule has 0 atom stereocenters. The monoisotopic (exact) mass is 456 g/mol. The second kappa shape index (κ2) is 10.1. The minimum atomic E-state index is -3.86. The van der Waals surface area contributed by atoms with Gasteiger partial charge in [-0.2, -0.15) is 0 Å². The zero-order valence-electron chi connectivity index (χ0n) is 17.9. The number of sulfonamides is 1. The maximum absolute atomic E-state index is 12.8. The van der Waals surface area contributed by atoms with Crippen LogP contribution in [0.5, 0.6) is 17.2 Å². The van der Waals surface area contributed by atoms with Crippen LogP contribution in [0.15, 0.2) is 71.6 Å². The predicted molar refractivity (Wildman–Crippen MR) is 122 cm³/mol. The molecule has 0 fully saturated rings. The molecule has 0 bridgehead atoms. The maximum atomic E-state index is 12.8. The zero-order valence-corrected chi connectivity index (χ0v) is 18.7. The molecule has 0 unspecified atom stereocenters. The zero-order chi connectivity index (χ0) is 23.1. The summed E-state index contributed by atoms with van der Waals surface area (Å²) in [6, 6.07) is 17.3. The summed E-state index contributed by atoms with van der Waals surface area (Å²) < 4.78 is 43.8. The Bertz CT molecular complexity index is 1190. The summed E-state index contributed by atoms with van der Waals surface area (Å²) in [7, 11) is -0.837. The summed E-state index contributed by atoms with van der Waals surface area (Å²) in [5.74, 6) is 1.16. The molecule has 3 rings (SSSR count). The Kier molecular flexibility index (Phi) is 7.21. The number of anilines is 2. The number of carbonyl (C=O) groups is 1. The molecule has 2 N–H and O–H groups in total. The molecule has 9 heteroatoms. The van der Waals surface area contributed by atoms with E-state index in [9.17, 15) is 13.2 Å². The van der Waals surface area contributed by atoms with Gasteiger partial charge in [0.1, 0.15) is 5.75 Å². The van der Waals surface area contributed by atoms with E-state index in [1.165, 1.54) is 26.4 Å². The maximum Gasteiger partial charge on any atom is 0.261 e. The van der Waals surface area contributed by atoms with Gasteiger partial charge in [-0.05, 0) is 67.6 Å². The third kappa shape index (κ3) is 5.50. The predicted octanol–water partition coefficient (Wildman–Crippen LogP) is 4.16. The van der Waals surface area contributed by atoms with Gasteiger partial charge in [-0.3, -0.25) is 9.52 Å². The van der Waals surface area contributed by atoms with Crippen molar-refractivity contribution >= 4 is 27.3 Å². The topological polar surface area (TPSA) is 103 Å². The molecule has 0 radical (unpaired) electrons. The van der Waals surface area contributed by atoms with E-state index in [-0.39, 0.29) is 4.90 Å². The van der Waals surface area contributed by atoms with E-state index in [1.54, 1.807) is 54.6 Å². The third-order valence-electron chi connectivity index (χ3n) is 4.47. The van der Waals surface area contributed by atoms with E-state index in [4.69, 9.17) is 14.2 Å². The first-order valence-electron chi connectivity index (χ1n) is 9.75. The van der Waals surface area contributed by atoms with Crippen molar-refractivity contribution in [1.29, 1.82) is 0 Å². The largest absolute Gasteiger partial charge is 0.497 e. The molecule has 32 heavy (non-hydrogen) atoms. The normalized spacial score (nSPS) is 10.8. The van der Waals surface area contributed by atoms with E-state index < -0.39 is 15.9 Å². The smallest absolute Gasteiger partial charge is 0.261 e. The number of ether oxygens (including phenoxy) is 3. The van der Waals surface area contributed by atoms with Crippen LogP contribution in [0.3, 0.4) is 0 Å². The summed E-state index contributed by atoms with van der Waals surface area (Å²) in [5, 5.41) is 2.71. The number of hydrogen-bond donors (Lipinski definition) is 2. The first-order chi connectivity index (χ1) is 15.4. The lowest BCUT2D eigenvalue weighted by atomic mass is 10.2. The lowest BCUT2D eigenvalue weighted by Crippen LogP contribution is -2.15. The number of rotatable bonds is 9. The van der Waals surface area contributed by atoms with Gasteiger partial charge in [0.2, 0.25) is 0 Å². The standard InChI is InChI=1S/C23H24N2O6S/c1-4-31-21-13-8-16(14-22(21)30-3)23(26)24-18-6-5-7-20(15-18)32(27,28)25-17-9-11-19(29-2)12-10-17/h5-15,25H,4H2,1-3H3,(H,24,26). The number of methoxy groups -OCH3 is 2. The highest BCUT2D eigenvalue weighted by atomic mass is 32.2. The van der Waals surface area contributed by atoms with Gasteiger partial charge in [0.05, 0.1) is 25.7 Å². The Balaban J connectivity index is 1.77. The van der Waals surface area contributed by atoms with Crippen LogP contribution < -0.4 is 24.2 Å². The van der Waals surface area contributed by atoms with Crippen molar-refractivity contribution in [3.8, 4) is 17.2 Å². The minimum Gasteiger partial charge on any atom is -0.497 e. The fourth-order valence-corrected chi connectivity index (χ4v) is 4.01. The van der Waals surface area contributed by atoms with Gasteiger partial charge >= 0.3 is 0 Å². The molecule has 0 aliphatic heterocycles. The lowest BCUT2D eigenvalue weighted by molar-refractivity contribution is 0.102. The SMILES string of the molecule is CCOc1ccc(C(=O)Nc2cccc(S(=O)(=O)Nc3ccc(OC)cc3)c2)cc1OC. The van der Waals surface area contributed by atoms with Crippen molar-refractivity contribution in [1.82, 2.24) is 0 Å². The Hall–Kier alpha value is -3.72. The highest BCUT2D eigenvalue weighted by molar-refractivity contribution is 7.92. The first kappa shape index (κ1) is 23.0. The highest BCUT2D eigenvalue weighted by Crippen LogP contribution is 2.28. The molecule has 0 aromatic heterocycles. The van der Waals surface area contributed by atoms with Gasteiger partial charge < -0.3 is 19.5 Å². The van der Waals surface area contributed by atoms with Gasteiger partial charge in [-0.1, -0.05) is 6.07 Å². The molecule has 0 aliphatic rings. The quantitative estimate of drug-likeness (QED) is 0.501. The van der Waals surface area contributed by atoms with Crippen LogP contribution in [0.2, 0.25) is 0 Å². The Morgan fingerprint density at radius 1 is 0.875 bits per heavy atom. The van der Waals surface area contributed by atoms with Crippen LogP contribution in [0.1, 0.15) is 17.3 Å². The molecular weight excluding hydrogens is 432 g/mol. The van der Waals surface area contributed by atoms with Crippen LogP contribution in [-0.2, 0) is 10.0 Å². The molecular formula is C23H24N2O6S. The number of benzene rings is 3. The third-order valence-corrected chi connectivity index (χ3v) is 5.85. The van der Waals surface area contributed by atoms with Crippen LogP contribution in [0.25, 0.3) is 0 Å². The van der Waals surface area contributed by atoms with Crippen molar-refractivity contribution < 1.29 is 27.4 Å². The van der Waals surface area contributed by atoms with Crippen molar-refractivity contribution in [2.24, 2.45) is 0 Å². The lowest BCUT2D eigenvalue weighted by Gasteiger charge is -2.12. The average Bonchev–Trinajstić information content (AvgIpc) is 2.80. The van der Waals surface area contributed by atoms with E-state index in [2.05, 4.69) is 10.0 Å². The van der Waals surface area contributed by atoms with Crippen LogP contribution >= 0.6 is 0 Å². The Morgan fingerprint density at radius 3 is 2.28 bits per heavy atom. The number of amides is 1. The number of carbonyl (C=O) groups excluding carboxylic acids is 1. The molecule has 0 saturated carbocycles. The van der Waals surface area contributed by atoms with Gasteiger partial charge in [0, 0.05) is 16.9 Å². The second-order valence-corrected chi connectivity index (χ2v) is 8.30. The molecule has 0 heterocycles. The molecule has 168 valence electrons.